The summed E-state index contributed by atoms with van der Waals surface area (Å²) in [6, 6.07) is 4.89. The lowest BCUT2D eigenvalue weighted by molar-refractivity contribution is -0.140. The summed E-state index contributed by atoms with van der Waals surface area (Å²) in [4.78, 5) is 23.6. The molecule has 27 heavy (non-hydrogen) atoms. The number of hydrogen-bond acceptors (Lipinski definition) is 5. The fourth-order valence-corrected chi connectivity index (χ4v) is 2.27. The van der Waals surface area contributed by atoms with Gasteiger partial charge >= 0.3 is 5.97 Å². The molecule has 2 N–H and O–H groups in total. The van der Waals surface area contributed by atoms with Crippen molar-refractivity contribution in [2.75, 3.05) is 6.61 Å². The molecule has 0 saturated heterocycles. The highest BCUT2D eigenvalue weighted by atomic mass is 19.1. The zero-order valence-corrected chi connectivity index (χ0v) is 15.5. The van der Waals surface area contributed by atoms with Gasteiger partial charge in [0.2, 0.25) is 0 Å². The number of carbonyl (C=O) groups excluding carboxylic acids is 1. The molecule has 0 fully saturated rings. The first-order valence-electron chi connectivity index (χ1n) is 8.46. The molecule has 2 aromatic rings. The Balaban J connectivity index is 1.95. The molecular formula is C18H23FN4O4. The van der Waals surface area contributed by atoms with Gasteiger partial charge in [0.15, 0.2) is 5.69 Å². The van der Waals surface area contributed by atoms with E-state index in [9.17, 15) is 19.1 Å². The summed E-state index contributed by atoms with van der Waals surface area (Å²) in [5.41, 5.74) is 0.246. The molecule has 9 heteroatoms. The molecule has 0 saturated carbocycles. The largest absolute Gasteiger partial charge is 0.480 e. The van der Waals surface area contributed by atoms with Crippen molar-refractivity contribution < 1.29 is 23.8 Å². The lowest BCUT2D eigenvalue weighted by atomic mass is 10.1. The summed E-state index contributed by atoms with van der Waals surface area (Å²) in [5, 5.41) is 19.3. The van der Waals surface area contributed by atoms with Crippen molar-refractivity contribution >= 4 is 11.9 Å². The number of nitrogens with one attached hydrogen (secondary N) is 1. The summed E-state index contributed by atoms with van der Waals surface area (Å²) in [6.07, 6.45) is 1.50. The standard InChI is InChI=1S/C18H23FN4O4/c1-18(2,3)27-8-7-14(17(25)26)20-16(24)15-11-23(22-21-15)10-12-5-4-6-13(19)9-12/h4-6,9,11,14H,7-8,10H2,1-3H3,(H,20,24)(H,25,26). The van der Waals surface area contributed by atoms with Gasteiger partial charge in [0.05, 0.1) is 18.3 Å². The number of aromatic nitrogens is 3. The molecule has 0 aliphatic rings. The minimum Gasteiger partial charge on any atom is -0.480 e. The van der Waals surface area contributed by atoms with Gasteiger partial charge in [-0.25, -0.2) is 13.9 Å². The topological polar surface area (TPSA) is 106 Å². The molecule has 1 atom stereocenters. The zero-order chi connectivity index (χ0) is 20.0. The molecular weight excluding hydrogens is 355 g/mol. The van der Waals surface area contributed by atoms with Gasteiger partial charge in [0, 0.05) is 13.0 Å². The molecule has 8 nitrogen and oxygen atoms in total. The highest BCUT2D eigenvalue weighted by molar-refractivity contribution is 5.94. The SMILES string of the molecule is CC(C)(C)OCCC(NC(=O)c1cn(Cc2cccc(F)c2)nn1)C(=O)O. The van der Waals surface area contributed by atoms with Crippen molar-refractivity contribution in [2.24, 2.45) is 0 Å². The zero-order valence-electron chi connectivity index (χ0n) is 15.5. The molecule has 1 unspecified atom stereocenters. The Morgan fingerprint density at radius 2 is 2.11 bits per heavy atom. The Morgan fingerprint density at radius 3 is 2.74 bits per heavy atom. The molecule has 1 heterocycles. The van der Waals surface area contributed by atoms with Gasteiger partial charge in [-0.05, 0) is 38.5 Å². The van der Waals surface area contributed by atoms with Gasteiger partial charge in [-0.15, -0.1) is 5.10 Å². The number of hydrogen-bond donors (Lipinski definition) is 2. The van der Waals surface area contributed by atoms with E-state index in [1.54, 1.807) is 12.1 Å². The van der Waals surface area contributed by atoms with Crippen LogP contribution in [0.3, 0.4) is 0 Å². The number of benzene rings is 1. The minimum atomic E-state index is -1.16. The Kier molecular flexibility index (Phi) is 6.62. The van der Waals surface area contributed by atoms with E-state index in [0.29, 0.717) is 5.56 Å². The lowest BCUT2D eigenvalue weighted by Crippen LogP contribution is -2.42. The van der Waals surface area contributed by atoms with E-state index in [-0.39, 0.29) is 31.1 Å². The quantitative estimate of drug-likeness (QED) is 0.726. The van der Waals surface area contributed by atoms with E-state index in [1.165, 1.54) is 23.0 Å². The maximum atomic E-state index is 13.2. The second kappa shape index (κ2) is 8.72. The maximum absolute atomic E-state index is 13.2. The van der Waals surface area contributed by atoms with Gasteiger partial charge in [0.25, 0.3) is 5.91 Å². The van der Waals surface area contributed by atoms with Crippen molar-refractivity contribution in [3.05, 3.63) is 47.5 Å². The van der Waals surface area contributed by atoms with E-state index < -0.39 is 23.5 Å². The molecule has 0 aliphatic heterocycles. The van der Waals surface area contributed by atoms with Crippen LogP contribution in [0.15, 0.2) is 30.5 Å². The number of carboxylic acids is 1. The Bertz CT molecular complexity index is 801. The van der Waals surface area contributed by atoms with Gasteiger partial charge < -0.3 is 15.2 Å². The molecule has 1 aromatic heterocycles. The van der Waals surface area contributed by atoms with E-state index in [4.69, 9.17) is 4.74 Å². The van der Waals surface area contributed by atoms with Crippen molar-refractivity contribution in [1.29, 1.82) is 0 Å². The van der Waals surface area contributed by atoms with Gasteiger partial charge in [-0.3, -0.25) is 4.79 Å². The van der Waals surface area contributed by atoms with E-state index in [2.05, 4.69) is 15.6 Å². The van der Waals surface area contributed by atoms with Crippen LogP contribution in [0.2, 0.25) is 0 Å². The average Bonchev–Trinajstić information content (AvgIpc) is 3.01. The molecule has 1 amide bonds. The van der Waals surface area contributed by atoms with Crippen molar-refractivity contribution in [3.8, 4) is 0 Å². The second-order valence-corrected chi connectivity index (χ2v) is 7.05. The summed E-state index contributed by atoms with van der Waals surface area (Å²) >= 11 is 0. The summed E-state index contributed by atoms with van der Waals surface area (Å²) < 4.78 is 20.1. The van der Waals surface area contributed by atoms with E-state index >= 15 is 0 Å². The van der Waals surface area contributed by atoms with Crippen LogP contribution < -0.4 is 5.32 Å². The van der Waals surface area contributed by atoms with Crippen LogP contribution in [-0.4, -0.2) is 50.2 Å². The molecule has 2 rings (SSSR count). The third-order valence-corrected chi connectivity index (χ3v) is 3.55. The molecule has 0 bridgehead atoms. The maximum Gasteiger partial charge on any atom is 0.326 e. The van der Waals surface area contributed by atoms with Crippen LogP contribution in [0.5, 0.6) is 0 Å². The van der Waals surface area contributed by atoms with Crippen LogP contribution in [0, 0.1) is 5.82 Å². The van der Waals surface area contributed by atoms with Crippen LogP contribution in [-0.2, 0) is 16.1 Å². The predicted molar refractivity (Wildman–Crippen MR) is 94.7 cm³/mol. The van der Waals surface area contributed by atoms with Gasteiger partial charge in [-0.2, -0.15) is 0 Å². The van der Waals surface area contributed by atoms with Crippen molar-refractivity contribution in [1.82, 2.24) is 20.3 Å². The van der Waals surface area contributed by atoms with Crippen molar-refractivity contribution in [3.63, 3.8) is 0 Å². The van der Waals surface area contributed by atoms with E-state index in [1.807, 2.05) is 20.8 Å². The number of carboxylic acid groups (broad SMARTS) is 1. The second-order valence-electron chi connectivity index (χ2n) is 7.05. The molecule has 0 radical (unpaired) electrons. The summed E-state index contributed by atoms with van der Waals surface area (Å²) in [7, 11) is 0. The van der Waals surface area contributed by atoms with Gasteiger partial charge in [-0.1, -0.05) is 17.3 Å². The first-order chi connectivity index (χ1) is 12.6. The van der Waals surface area contributed by atoms with Crippen molar-refractivity contribution in [2.45, 2.75) is 45.4 Å². The monoisotopic (exact) mass is 378 g/mol. The van der Waals surface area contributed by atoms with Crippen LogP contribution in [0.1, 0.15) is 43.2 Å². The van der Waals surface area contributed by atoms with E-state index in [0.717, 1.165) is 0 Å². The Labute approximate surface area is 156 Å². The number of aliphatic carboxylic acids is 1. The average molecular weight is 378 g/mol. The number of carbonyl (C=O) groups is 2. The normalized spacial score (nSPS) is 12.6. The highest BCUT2D eigenvalue weighted by Crippen LogP contribution is 2.09. The van der Waals surface area contributed by atoms with Gasteiger partial charge in [0.1, 0.15) is 11.9 Å². The minimum absolute atomic E-state index is 0.0191. The molecule has 0 spiro atoms. The predicted octanol–water partition coefficient (Wildman–Crippen LogP) is 1.85. The Morgan fingerprint density at radius 1 is 1.37 bits per heavy atom. The Hall–Kier alpha value is -2.81. The highest BCUT2D eigenvalue weighted by Gasteiger charge is 2.23. The first kappa shape index (κ1) is 20.5. The number of rotatable bonds is 8. The fraction of sp³-hybridized carbons (Fsp3) is 0.444. The fourth-order valence-electron chi connectivity index (χ4n) is 2.27. The molecule has 146 valence electrons. The third kappa shape index (κ3) is 6.78. The molecule has 1 aromatic carbocycles. The van der Waals surface area contributed by atoms with Crippen LogP contribution >= 0.6 is 0 Å². The van der Waals surface area contributed by atoms with Crippen LogP contribution in [0.25, 0.3) is 0 Å². The number of halogens is 1. The number of ether oxygens (including phenoxy) is 1. The number of amides is 1. The first-order valence-corrected chi connectivity index (χ1v) is 8.46. The summed E-state index contributed by atoms with van der Waals surface area (Å²) in [6.45, 7) is 6.00. The smallest absolute Gasteiger partial charge is 0.326 e. The molecule has 0 aliphatic carbocycles. The lowest BCUT2D eigenvalue weighted by Gasteiger charge is -2.21. The number of nitrogens with zero attached hydrogens (tertiary/aromatic N) is 3. The van der Waals surface area contributed by atoms with Crippen LogP contribution in [0.4, 0.5) is 4.39 Å². The summed E-state index contributed by atoms with van der Waals surface area (Å²) in [5.74, 6) is -2.18. The third-order valence-electron chi connectivity index (χ3n) is 3.55.